The molecule has 2 heterocycles. The molecule has 3 rings (SSSR count). The molecule has 2 unspecified atom stereocenters. The second-order valence-corrected chi connectivity index (χ2v) is 7.93. The van der Waals surface area contributed by atoms with Crippen LogP contribution in [0.3, 0.4) is 0 Å². The van der Waals surface area contributed by atoms with E-state index >= 15 is 0 Å². The second-order valence-electron chi connectivity index (χ2n) is 7.93. The van der Waals surface area contributed by atoms with Gasteiger partial charge in [-0.25, -0.2) is 13.6 Å². The number of amides is 5. The first-order valence-electron chi connectivity index (χ1n) is 10.7. The van der Waals surface area contributed by atoms with Crippen LogP contribution in [0, 0.1) is 11.6 Å². The number of rotatable bonds is 8. The van der Waals surface area contributed by atoms with E-state index in [-0.39, 0.29) is 37.5 Å². The van der Waals surface area contributed by atoms with Crippen LogP contribution in [0.15, 0.2) is 36.5 Å². The number of benzene rings is 1. The number of likely N-dealkylation sites (tertiary alicyclic amines) is 1. The number of primary amides is 1. The first-order valence-corrected chi connectivity index (χ1v) is 10.7. The van der Waals surface area contributed by atoms with E-state index in [1.165, 1.54) is 4.90 Å². The summed E-state index contributed by atoms with van der Waals surface area (Å²) in [5.41, 5.74) is 5.24. The van der Waals surface area contributed by atoms with E-state index in [1.807, 2.05) is 0 Å². The summed E-state index contributed by atoms with van der Waals surface area (Å²) in [5, 5.41) is 7.57. The molecule has 1 saturated heterocycles. The zero-order chi connectivity index (χ0) is 24.8. The number of anilines is 1. The molecule has 1 aromatic heterocycles. The number of nitrogens with zero attached hydrogens (tertiary/aromatic N) is 2. The molecular formula is C22H26F2N6O4. The third-order valence-electron chi connectivity index (χ3n) is 5.49. The highest BCUT2D eigenvalue weighted by Crippen LogP contribution is 2.22. The van der Waals surface area contributed by atoms with E-state index in [4.69, 9.17) is 5.73 Å². The Morgan fingerprint density at radius 2 is 1.94 bits per heavy atom. The van der Waals surface area contributed by atoms with Crippen molar-refractivity contribution in [1.29, 1.82) is 0 Å². The highest BCUT2D eigenvalue weighted by Gasteiger charge is 2.43. The van der Waals surface area contributed by atoms with Gasteiger partial charge < -0.3 is 31.2 Å². The van der Waals surface area contributed by atoms with Gasteiger partial charge in [0.05, 0.1) is 11.7 Å². The average Bonchev–Trinajstić information content (AvgIpc) is 3.38. The lowest BCUT2D eigenvalue weighted by molar-refractivity contribution is -0.125. The smallest absolute Gasteiger partial charge is 0.319 e. The number of aryl methyl sites for hydroxylation is 1. The van der Waals surface area contributed by atoms with Gasteiger partial charge in [0.2, 0.25) is 11.8 Å². The van der Waals surface area contributed by atoms with Gasteiger partial charge in [-0.2, -0.15) is 0 Å². The van der Waals surface area contributed by atoms with Crippen LogP contribution in [0.4, 0.5) is 19.3 Å². The van der Waals surface area contributed by atoms with Crippen molar-refractivity contribution in [2.75, 3.05) is 18.4 Å². The molecule has 0 spiro atoms. The minimum atomic E-state index is -1.04. The van der Waals surface area contributed by atoms with Gasteiger partial charge in [0.15, 0.2) is 0 Å². The minimum absolute atomic E-state index is 0.0876. The third kappa shape index (κ3) is 5.88. The number of nitrogens with one attached hydrogen (secondary N) is 3. The molecule has 12 heteroatoms. The normalized spacial score (nSPS) is 17.3. The van der Waals surface area contributed by atoms with E-state index in [0.717, 1.165) is 12.1 Å². The van der Waals surface area contributed by atoms with Gasteiger partial charge in [0.25, 0.3) is 5.91 Å². The van der Waals surface area contributed by atoms with Crippen molar-refractivity contribution < 1.29 is 28.0 Å². The molecule has 0 saturated carbocycles. The van der Waals surface area contributed by atoms with Crippen molar-refractivity contribution in [1.82, 2.24) is 20.1 Å². The molecule has 1 aliphatic rings. The van der Waals surface area contributed by atoms with E-state index < -0.39 is 41.6 Å². The lowest BCUT2D eigenvalue weighted by Gasteiger charge is -2.28. The molecule has 2 aromatic rings. The van der Waals surface area contributed by atoms with Crippen LogP contribution in [0.25, 0.3) is 0 Å². The number of urea groups is 1. The molecule has 1 aliphatic heterocycles. The van der Waals surface area contributed by atoms with Gasteiger partial charge in [-0.1, -0.05) is 0 Å². The number of carbonyl (C=O) groups excluding carboxylic acids is 4. The number of nitrogens with two attached hydrogens (primary N) is 1. The van der Waals surface area contributed by atoms with Crippen molar-refractivity contribution in [3.05, 3.63) is 53.9 Å². The molecule has 34 heavy (non-hydrogen) atoms. The topological polar surface area (TPSA) is 139 Å². The van der Waals surface area contributed by atoms with Gasteiger partial charge in [0.1, 0.15) is 23.4 Å². The maximum atomic E-state index is 13.9. The molecule has 182 valence electrons. The Kier molecular flexibility index (Phi) is 7.82. The Bertz CT molecular complexity index is 1090. The molecule has 10 nitrogen and oxygen atoms in total. The fraction of sp³-hybridized carbons (Fsp3) is 0.364. The summed E-state index contributed by atoms with van der Waals surface area (Å²) in [5.74, 6) is -3.14. The summed E-state index contributed by atoms with van der Waals surface area (Å²) in [6.45, 7) is 0.351. The predicted molar refractivity (Wildman–Crippen MR) is 119 cm³/mol. The van der Waals surface area contributed by atoms with Gasteiger partial charge in [-0.15, -0.1) is 0 Å². The lowest BCUT2D eigenvalue weighted by atomic mass is 10.1. The first-order chi connectivity index (χ1) is 16.2. The Morgan fingerprint density at radius 3 is 2.59 bits per heavy atom. The molecular weight excluding hydrogens is 450 g/mol. The average molecular weight is 476 g/mol. The fourth-order valence-electron chi connectivity index (χ4n) is 3.82. The number of hydrogen-bond donors (Lipinski definition) is 4. The highest BCUT2D eigenvalue weighted by atomic mass is 19.1. The van der Waals surface area contributed by atoms with Crippen LogP contribution in [-0.4, -0.2) is 58.4 Å². The number of aromatic nitrogens is 1. The predicted octanol–water partition coefficient (Wildman–Crippen LogP) is 1.09. The molecule has 1 fully saturated rings. The summed E-state index contributed by atoms with van der Waals surface area (Å²) in [6, 6.07) is 3.40. The van der Waals surface area contributed by atoms with E-state index in [1.54, 1.807) is 29.9 Å². The largest absolute Gasteiger partial charge is 0.370 e. The molecule has 0 bridgehead atoms. The lowest BCUT2D eigenvalue weighted by Crippen LogP contribution is -2.55. The van der Waals surface area contributed by atoms with E-state index in [0.29, 0.717) is 18.2 Å². The maximum absolute atomic E-state index is 13.9. The fourth-order valence-corrected chi connectivity index (χ4v) is 3.82. The van der Waals surface area contributed by atoms with Crippen LogP contribution in [-0.2, 0) is 16.6 Å². The maximum Gasteiger partial charge on any atom is 0.319 e. The third-order valence-corrected chi connectivity index (χ3v) is 5.49. The second kappa shape index (κ2) is 10.8. The van der Waals surface area contributed by atoms with Crippen molar-refractivity contribution in [2.24, 2.45) is 12.8 Å². The molecule has 1 aromatic carbocycles. The standard InChI is InChI=1S/C22H26F2N6O4/c1-29-10-3-4-17(29)21(33)30-11-8-16(19(30)20(32)26-9-2-5-18(25)31)28-22(34)27-15-7-6-13(23)12-14(15)24/h3-4,6-7,10,12,16,19H,2,5,8-9,11H2,1H3,(H2,25,31)(H,26,32)(H2,27,28,34). The van der Waals surface area contributed by atoms with Gasteiger partial charge in [-0.05, 0) is 37.1 Å². The number of carbonyl (C=O) groups is 4. The quantitative estimate of drug-likeness (QED) is 0.424. The van der Waals surface area contributed by atoms with Crippen molar-refractivity contribution in [3.63, 3.8) is 0 Å². The molecule has 0 radical (unpaired) electrons. The van der Waals surface area contributed by atoms with Crippen LogP contribution < -0.4 is 21.7 Å². The zero-order valence-electron chi connectivity index (χ0n) is 18.5. The Balaban J connectivity index is 1.73. The first kappa shape index (κ1) is 24.7. The summed E-state index contributed by atoms with van der Waals surface area (Å²) >= 11 is 0. The Labute approximate surface area is 194 Å². The monoisotopic (exact) mass is 476 g/mol. The zero-order valence-corrected chi connectivity index (χ0v) is 18.5. The SMILES string of the molecule is Cn1cccc1C(=O)N1CCC(NC(=O)Nc2ccc(F)cc2F)C1C(=O)NCCCC(N)=O. The van der Waals surface area contributed by atoms with Crippen molar-refractivity contribution in [3.8, 4) is 0 Å². The minimum Gasteiger partial charge on any atom is -0.370 e. The van der Waals surface area contributed by atoms with Crippen LogP contribution in [0.5, 0.6) is 0 Å². The summed E-state index contributed by atoms with van der Waals surface area (Å²) in [6.07, 6.45) is 2.38. The molecule has 5 N–H and O–H groups in total. The van der Waals surface area contributed by atoms with Crippen LogP contribution in [0.1, 0.15) is 29.8 Å². The van der Waals surface area contributed by atoms with Gasteiger partial charge in [0, 0.05) is 38.8 Å². The summed E-state index contributed by atoms with van der Waals surface area (Å²) in [7, 11) is 1.70. The Hall–Kier alpha value is -3.96. The summed E-state index contributed by atoms with van der Waals surface area (Å²) in [4.78, 5) is 50.9. The Morgan fingerprint density at radius 1 is 1.18 bits per heavy atom. The van der Waals surface area contributed by atoms with Crippen molar-refractivity contribution in [2.45, 2.75) is 31.3 Å². The van der Waals surface area contributed by atoms with E-state index in [2.05, 4.69) is 16.0 Å². The summed E-state index contributed by atoms with van der Waals surface area (Å²) < 4.78 is 28.6. The van der Waals surface area contributed by atoms with Crippen molar-refractivity contribution >= 4 is 29.4 Å². The highest BCUT2D eigenvalue weighted by molar-refractivity contribution is 5.98. The molecule has 5 amide bonds. The van der Waals surface area contributed by atoms with Crippen LogP contribution in [0.2, 0.25) is 0 Å². The molecule has 0 aliphatic carbocycles. The van der Waals surface area contributed by atoms with Gasteiger partial charge >= 0.3 is 6.03 Å². The number of hydrogen-bond acceptors (Lipinski definition) is 4. The van der Waals surface area contributed by atoms with Crippen LogP contribution >= 0.6 is 0 Å². The van der Waals surface area contributed by atoms with E-state index in [9.17, 15) is 28.0 Å². The van der Waals surface area contributed by atoms with Gasteiger partial charge in [-0.3, -0.25) is 14.4 Å². The molecule has 2 atom stereocenters. The number of halogens is 2.